The van der Waals surface area contributed by atoms with Crippen LogP contribution < -0.4 is 10.1 Å². The highest BCUT2D eigenvalue weighted by Gasteiger charge is 2.26. The number of nitrogens with one attached hydrogen (secondary N) is 1. The lowest BCUT2D eigenvalue weighted by Crippen LogP contribution is -2.30. The molecule has 0 fully saturated rings. The van der Waals surface area contributed by atoms with Gasteiger partial charge in [-0.05, 0) is 32.0 Å². The highest BCUT2D eigenvalue weighted by atomic mass is 16.6. The molecule has 0 saturated heterocycles. The van der Waals surface area contributed by atoms with Crippen LogP contribution in [0, 0.1) is 6.92 Å². The lowest BCUT2D eigenvalue weighted by atomic mass is 10.1. The molecule has 4 aromatic rings. The number of fused-ring (bicyclic) bond motifs is 1. The second-order valence-corrected chi connectivity index (χ2v) is 6.87. The lowest BCUT2D eigenvalue weighted by Gasteiger charge is -2.12. The molecule has 1 N–H and O–H groups in total. The molecule has 0 saturated carbocycles. The van der Waals surface area contributed by atoms with Gasteiger partial charge < -0.3 is 23.7 Å². The van der Waals surface area contributed by atoms with Crippen molar-refractivity contribution in [2.45, 2.75) is 26.6 Å². The largest absolute Gasteiger partial charge is 0.489 e. The Morgan fingerprint density at radius 3 is 2.58 bits per heavy atom. The van der Waals surface area contributed by atoms with Crippen molar-refractivity contribution in [1.82, 2.24) is 5.16 Å². The molecule has 0 radical (unpaired) electrons. The summed E-state index contributed by atoms with van der Waals surface area (Å²) >= 11 is 0. The molecule has 8 heteroatoms. The number of hydrogen-bond donors (Lipinski definition) is 1. The van der Waals surface area contributed by atoms with Crippen molar-refractivity contribution in [3.05, 3.63) is 77.7 Å². The van der Waals surface area contributed by atoms with Crippen LogP contribution in [0.5, 0.6) is 5.75 Å². The standard InChI is InChI=1S/C23H20N2O6/c1-14-12-20(25-31-14)24-22(26)15(2)29-23(27)21-18(13-28-16-8-4-3-5-9-16)17-10-6-7-11-19(17)30-21/h3-12,15H,13H2,1-2H3,(H,24,25,26). The average Bonchev–Trinajstić information content (AvgIpc) is 3.36. The van der Waals surface area contributed by atoms with Crippen LogP contribution in [-0.2, 0) is 16.1 Å². The molecule has 0 spiro atoms. The first-order valence-electron chi connectivity index (χ1n) is 9.64. The molecule has 0 bridgehead atoms. The number of carbonyl (C=O) groups is 2. The first-order valence-corrected chi connectivity index (χ1v) is 9.64. The Balaban J connectivity index is 1.52. The molecule has 0 aliphatic carbocycles. The molecule has 1 unspecified atom stereocenters. The molecule has 158 valence electrons. The van der Waals surface area contributed by atoms with Crippen molar-refractivity contribution >= 4 is 28.7 Å². The zero-order valence-corrected chi connectivity index (χ0v) is 17.0. The number of furan rings is 1. The maximum absolute atomic E-state index is 12.8. The number of amides is 1. The van der Waals surface area contributed by atoms with Crippen molar-refractivity contribution in [3.8, 4) is 5.75 Å². The Labute approximate surface area is 177 Å². The molecule has 0 aliphatic heterocycles. The molecule has 2 heterocycles. The van der Waals surface area contributed by atoms with E-state index in [4.69, 9.17) is 18.4 Å². The number of hydrogen-bond acceptors (Lipinski definition) is 7. The molecule has 0 aliphatic rings. The number of rotatable bonds is 7. The fraction of sp³-hybridized carbons (Fsp3) is 0.174. The van der Waals surface area contributed by atoms with E-state index in [0.717, 1.165) is 5.39 Å². The van der Waals surface area contributed by atoms with Gasteiger partial charge in [-0.1, -0.05) is 41.6 Å². The molecule has 1 amide bonds. The number of benzene rings is 2. The second kappa shape index (κ2) is 8.74. The zero-order chi connectivity index (χ0) is 21.8. The third-order valence-electron chi connectivity index (χ3n) is 4.54. The number of aromatic nitrogens is 1. The second-order valence-electron chi connectivity index (χ2n) is 6.87. The van der Waals surface area contributed by atoms with Gasteiger partial charge in [0, 0.05) is 11.5 Å². The first kappa shape index (κ1) is 20.2. The highest BCUT2D eigenvalue weighted by molar-refractivity contribution is 5.99. The smallest absolute Gasteiger partial charge is 0.375 e. The average molecular weight is 420 g/mol. The van der Waals surface area contributed by atoms with Crippen LogP contribution in [0.15, 0.2) is 69.6 Å². The Morgan fingerprint density at radius 2 is 1.84 bits per heavy atom. The van der Waals surface area contributed by atoms with Crippen molar-refractivity contribution in [1.29, 1.82) is 0 Å². The Bertz CT molecular complexity index is 1210. The monoisotopic (exact) mass is 420 g/mol. The van der Waals surface area contributed by atoms with E-state index in [1.807, 2.05) is 42.5 Å². The van der Waals surface area contributed by atoms with Gasteiger partial charge in [-0.2, -0.15) is 0 Å². The van der Waals surface area contributed by atoms with Gasteiger partial charge in [0.1, 0.15) is 23.7 Å². The Morgan fingerprint density at radius 1 is 1.10 bits per heavy atom. The van der Waals surface area contributed by atoms with E-state index in [9.17, 15) is 9.59 Å². The number of aryl methyl sites for hydroxylation is 1. The van der Waals surface area contributed by atoms with E-state index in [0.29, 0.717) is 22.7 Å². The number of anilines is 1. The van der Waals surface area contributed by atoms with Crippen LogP contribution in [-0.4, -0.2) is 23.1 Å². The maximum Gasteiger partial charge on any atom is 0.375 e. The fourth-order valence-corrected chi connectivity index (χ4v) is 3.00. The minimum atomic E-state index is -1.08. The first-order chi connectivity index (χ1) is 15.0. The minimum Gasteiger partial charge on any atom is -0.489 e. The van der Waals surface area contributed by atoms with Crippen molar-refractivity contribution in [2.75, 3.05) is 5.32 Å². The van der Waals surface area contributed by atoms with Crippen molar-refractivity contribution in [3.63, 3.8) is 0 Å². The van der Waals surface area contributed by atoms with Gasteiger partial charge in [0.25, 0.3) is 5.91 Å². The number of ether oxygens (including phenoxy) is 2. The summed E-state index contributed by atoms with van der Waals surface area (Å²) in [6.45, 7) is 3.26. The van der Waals surface area contributed by atoms with E-state index in [-0.39, 0.29) is 18.2 Å². The normalized spacial score (nSPS) is 11.8. The van der Waals surface area contributed by atoms with E-state index in [2.05, 4.69) is 10.5 Å². The van der Waals surface area contributed by atoms with E-state index < -0.39 is 18.0 Å². The minimum absolute atomic E-state index is 0.00550. The summed E-state index contributed by atoms with van der Waals surface area (Å²) < 4.78 is 21.8. The molecule has 4 rings (SSSR count). The van der Waals surface area contributed by atoms with Crippen molar-refractivity contribution < 1.29 is 28.0 Å². The van der Waals surface area contributed by atoms with Crippen molar-refractivity contribution in [2.24, 2.45) is 0 Å². The molecule has 8 nitrogen and oxygen atoms in total. The summed E-state index contributed by atoms with van der Waals surface area (Å²) in [7, 11) is 0. The number of nitrogens with zero attached hydrogens (tertiary/aromatic N) is 1. The van der Waals surface area contributed by atoms with Gasteiger partial charge in [0.2, 0.25) is 5.76 Å². The summed E-state index contributed by atoms with van der Waals surface area (Å²) in [4.78, 5) is 25.2. The predicted molar refractivity (Wildman–Crippen MR) is 112 cm³/mol. The SMILES string of the molecule is Cc1cc(NC(=O)C(C)OC(=O)c2oc3ccccc3c2COc2ccccc2)no1. The van der Waals surface area contributed by atoms with Crippen LogP contribution in [0.1, 0.15) is 28.8 Å². The van der Waals surface area contributed by atoms with Gasteiger partial charge in [-0.15, -0.1) is 0 Å². The molecule has 2 aromatic carbocycles. The van der Waals surface area contributed by atoms with Gasteiger partial charge in [-0.25, -0.2) is 4.79 Å². The lowest BCUT2D eigenvalue weighted by molar-refractivity contribution is -0.123. The topological polar surface area (TPSA) is 104 Å². The van der Waals surface area contributed by atoms with E-state index in [1.54, 1.807) is 25.1 Å². The summed E-state index contributed by atoms with van der Waals surface area (Å²) in [5.41, 5.74) is 1.07. The summed E-state index contributed by atoms with van der Waals surface area (Å²) in [5, 5.41) is 6.96. The molecular weight excluding hydrogens is 400 g/mol. The summed E-state index contributed by atoms with van der Waals surface area (Å²) in [6, 6.07) is 18.0. The highest BCUT2D eigenvalue weighted by Crippen LogP contribution is 2.28. The molecule has 31 heavy (non-hydrogen) atoms. The van der Waals surface area contributed by atoms with Crippen LogP contribution in [0.4, 0.5) is 5.82 Å². The zero-order valence-electron chi connectivity index (χ0n) is 17.0. The van der Waals surface area contributed by atoms with Crippen LogP contribution in [0.25, 0.3) is 11.0 Å². The molecule has 1 atom stereocenters. The number of para-hydroxylation sites is 2. The van der Waals surface area contributed by atoms with E-state index >= 15 is 0 Å². The Hall–Kier alpha value is -4.07. The predicted octanol–water partition coefficient (Wildman–Crippen LogP) is 4.49. The molecule has 2 aromatic heterocycles. The molecular formula is C23H20N2O6. The van der Waals surface area contributed by atoms with Crippen LogP contribution >= 0.6 is 0 Å². The van der Waals surface area contributed by atoms with Gasteiger partial charge in [-0.3, -0.25) is 4.79 Å². The Kier molecular flexibility index (Phi) is 5.70. The summed E-state index contributed by atoms with van der Waals surface area (Å²) in [6.07, 6.45) is -1.08. The van der Waals surface area contributed by atoms with E-state index in [1.165, 1.54) is 6.92 Å². The summed E-state index contributed by atoms with van der Waals surface area (Å²) in [5.74, 6) is 0.134. The maximum atomic E-state index is 12.8. The number of esters is 1. The van der Waals surface area contributed by atoms with Gasteiger partial charge >= 0.3 is 5.97 Å². The quantitative estimate of drug-likeness (QED) is 0.439. The van der Waals surface area contributed by atoms with Gasteiger partial charge in [0.05, 0.1) is 5.56 Å². The number of carbonyl (C=O) groups excluding carboxylic acids is 2. The third-order valence-corrected chi connectivity index (χ3v) is 4.54. The van der Waals surface area contributed by atoms with Crippen LogP contribution in [0.3, 0.4) is 0 Å². The van der Waals surface area contributed by atoms with Crippen LogP contribution in [0.2, 0.25) is 0 Å². The van der Waals surface area contributed by atoms with Gasteiger partial charge in [0.15, 0.2) is 11.9 Å². The fourth-order valence-electron chi connectivity index (χ4n) is 3.00. The third kappa shape index (κ3) is 4.58.